The number of imide groups is 1. The number of nitrogens with zero attached hydrogens (tertiary/aromatic N) is 2. The highest BCUT2D eigenvalue weighted by Gasteiger charge is 2.36. The van der Waals surface area contributed by atoms with Gasteiger partial charge in [0, 0.05) is 13.1 Å². The minimum Gasteiger partial charge on any atom is -0.341 e. The second-order valence-corrected chi connectivity index (χ2v) is 5.89. The molecule has 1 aromatic carbocycles. The minimum absolute atomic E-state index is 0.128. The Bertz CT molecular complexity index is 569. The van der Waals surface area contributed by atoms with Crippen molar-refractivity contribution in [1.29, 1.82) is 0 Å². The second-order valence-electron chi connectivity index (χ2n) is 5.89. The van der Waals surface area contributed by atoms with Crippen LogP contribution < -0.4 is 0 Å². The van der Waals surface area contributed by atoms with Gasteiger partial charge in [-0.15, -0.1) is 0 Å². The molecule has 22 heavy (non-hydrogen) atoms. The molecule has 1 fully saturated rings. The molecular formula is C17H20N2O3. The maximum Gasteiger partial charge on any atom is 0.262 e. The predicted octanol–water partition coefficient (Wildman–Crippen LogP) is 2.08. The van der Waals surface area contributed by atoms with Crippen LogP contribution in [0.15, 0.2) is 24.3 Å². The third-order valence-corrected chi connectivity index (χ3v) is 4.38. The van der Waals surface area contributed by atoms with E-state index in [0.29, 0.717) is 11.1 Å². The van der Waals surface area contributed by atoms with Crippen molar-refractivity contribution in [3.05, 3.63) is 35.4 Å². The Morgan fingerprint density at radius 1 is 0.864 bits per heavy atom. The van der Waals surface area contributed by atoms with Crippen LogP contribution in [-0.4, -0.2) is 47.2 Å². The summed E-state index contributed by atoms with van der Waals surface area (Å²) >= 11 is 0. The first-order valence-electron chi connectivity index (χ1n) is 7.91. The van der Waals surface area contributed by atoms with E-state index < -0.39 is 0 Å². The number of rotatable bonds is 2. The molecule has 0 unspecified atom stereocenters. The Morgan fingerprint density at radius 3 is 1.91 bits per heavy atom. The standard InChI is InChI=1S/C17H20N2O3/c20-15(18-10-6-2-1-3-7-11-18)12-19-16(21)13-8-4-5-9-14(13)17(19)22/h4-5,8-9H,1-3,6-7,10-12H2. The number of carbonyl (C=O) groups is 3. The van der Waals surface area contributed by atoms with E-state index >= 15 is 0 Å². The molecule has 116 valence electrons. The lowest BCUT2D eigenvalue weighted by molar-refractivity contribution is -0.131. The van der Waals surface area contributed by atoms with Gasteiger partial charge in [0.2, 0.25) is 5.91 Å². The first kappa shape index (κ1) is 14.8. The third-order valence-electron chi connectivity index (χ3n) is 4.38. The summed E-state index contributed by atoms with van der Waals surface area (Å²) in [5.74, 6) is -0.849. The van der Waals surface area contributed by atoms with E-state index in [0.717, 1.165) is 43.7 Å². The van der Waals surface area contributed by atoms with E-state index in [9.17, 15) is 14.4 Å². The van der Waals surface area contributed by atoms with Crippen LogP contribution in [0.1, 0.15) is 52.8 Å². The summed E-state index contributed by atoms with van der Waals surface area (Å²) in [6.07, 6.45) is 5.48. The van der Waals surface area contributed by atoms with Gasteiger partial charge in [0.25, 0.3) is 11.8 Å². The number of hydrogen-bond acceptors (Lipinski definition) is 3. The fraction of sp³-hybridized carbons (Fsp3) is 0.471. The maximum atomic E-state index is 12.4. The summed E-state index contributed by atoms with van der Waals surface area (Å²) in [7, 11) is 0. The van der Waals surface area contributed by atoms with Crippen molar-refractivity contribution in [2.75, 3.05) is 19.6 Å². The SMILES string of the molecule is O=C(CN1C(=O)c2ccccc2C1=O)N1CCCCCCC1. The fourth-order valence-corrected chi connectivity index (χ4v) is 3.11. The smallest absolute Gasteiger partial charge is 0.262 e. The van der Waals surface area contributed by atoms with Crippen LogP contribution in [-0.2, 0) is 4.79 Å². The van der Waals surface area contributed by atoms with Gasteiger partial charge in [-0.2, -0.15) is 0 Å². The Hall–Kier alpha value is -2.17. The summed E-state index contributed by atoms with van der Waals surface area (Å²) < 4.78 is 0. The zero-order valence-electron chi connectivity index (χ0n) is 12.6. The average Bonchev–Trinajstić information content (AvgIpc) is 2.72. The van der Waals surface area contributed by atoms with Crippen LogP contribution in [0.3, 0.4) is 0 Å². The minimum atomic E-state index is -0.360. The van der Waals surface area contributed by atoms with E-state index in [1.165, 1.54) is 6.42 Å². The molecular weight excluding hydrogens is 280 g/mol. The van der Waals surface area contributed by atoms with Crippen LogP contribution in [0.5, 0.6) is 0 Å². The van der Waals surface area contributed by atoms with Gasteiger partial charge in [0.15, 0.2) is 0 Å². The Morgan fingerprint density at radius 2 is 1.36 bits per heavy atom. The number of benzene rings is 1. The van der Waals surface area contributed by atoms with Gasteiger partial charge >= 0.3 is 0 Å². The third kappa shape index (κ3) is 2.75. The van der Waals surface area contributed by atoms with Crippen molar-refractivity contribution >= 4 is 17.7 Å². The van der Waals surface area contributed by atoms with Crippen molar-refractivity contribution < 1.29 is 14.4 Å². The average molecular weight is 300 g/mol. The van der Waals surface area contributed by atoms with Crippen LogP contribution in [0, 0.1) is 0 Å². The number of likely N-dealkylation sites (tertiary alicyclic amines) is 1. The molecule has 0 N–H and O–H groups in total. The van der Waals surface area contributed by atoms with Crippen LogP contribution >= 0.6 is 0 Å². The van der Waals surface area contributed by atoms with Gasteiger partial charge in [0.1, 0.15) is 6.54 Å². The molecule has 0 spiro atoms. The lowest BCUT2D eigenvalue weighted by Crippen LogP contribution is -2.43. The topological polar surface area (TPSA) is 57.7 Å². The number of hydrogen-bond donors (Lipinski definition) is 0. The number of amides is 3. The van der Waals surface area contributed by atoms with E-state index in [-0.39, 0.29) is 24.3 Å². The van der Waals surface area contributed by atoms with Gasteiger partial charge in [-0.25, -0.2) is 0 Å². The molecule has 0 aromatic heterocycles. The lowest BCUT2D eigenvalue weighted by Gasteiger charge is -2.26. The molecule has 2 aliphatic rings. The fourth-order valence-electron chi connectivity index (χ4n) is 3.11. The zero-order valence-corrected chi connectivity index (χ0v) is 12.6. The maximum absolute atomic E-state index is 12.4. The molecule has 0 saturated carbocycles. The molecule has 0 bridgehead atoms. The van der Waals surface area contributed by atoms with Crippen molar-refractivity contribution in [1.82, 2.24) is 9.80 Å². The summed E-state index contributed by atoms with van der Waals surface area (Å²) in [6, 6.07) is 6.73. The highest BCUT2D eigenvalue weighted by atomic mass is 16.2. The molecule has 5 heteroatoms. The first-order chi connectivity index (χ1) is 10.7. The van der Waals surface area contributed by atoms with Crippen molar-refractivity contribution in [2.45, 2.75) is 32.1 Å². The number of carbonyl (C=O) groups excluding carboxylic acids is 3. The lowest BCUT2D eigenvalue weighted by atomic mass is 10.1. The Kier molecular flexibility index (Phi) is 4.22. The molecule has 2 heterocycles. The summed E-state index contributed by atoms with van der Waals surface area (Å²) in [6.45, 7) is 1.30. The van der Waals surface area contributed by atoms with Gasteiger partial charge in [0.05, 0.1) is 11.1 Å². The monoisotopic (exact) mass is 300 g/mol. The Balaban J connectivity index is 1.69. The molecule has 0 radical (unpaired) electrons. The summed E-state index contributed by atoms with van der Waals surface area (Å²) in [4.78, 5) is 39.9. The molecule has 2 aliphatic heterocycles. The van der Waals surface area contributed by atoms with E-state index in [2.05, 4.69) is 0 Å². The summed E-state index contributed by atoms with van der Waals surface area (Å²) in [5, 5.41) is 0. The molecule has 3 rings (SSSR count). The second kappa shape index (κ2) is 6.30. The van der Waals surface area contributed by atoms with Crippen LogP contribution in [0.4, 0.5) is 0 Å². The van der Waals surface area contributed by atoms with Crippen LogP contribution in [0.2, 0.25) is 0 Å². The predicted molar refractivity (Wildman–Crippen MR) is 81.5 cm³/mol. The van der Waals surface area contributed by atoms with Crippen molar-refractivity contribution in [3.8, 4) is 0 Å². The first-order valence-corrected chi connectivity index (χ1v) is 7.91. The number of fused-ring (bicyclic) bond motifs is 1. The quantitative estimate of drug-likeness (QED) is 0.786. The van der Waals surface area contributed by atoms with Gasteiger partial charge < -0.3 is 4.90 Å². The van der Waals surface area contributed by atoms with Crippen LogP contribution in [0.25, 0.3) is 0 Å². The van der Waals surface area contributed by atoms with Crippen molar-refractivity contribution in [2.24, 2.45) is 0 Å². The highest BCUT2D eigenvalue weighted by molar-refractivity contribution is 6.22. The molecule has 0 atom stereocenters. The molecule has 1 saturated heterocycles. The largest absolute Gasteiger partial charge is 0.341 e. The molecule has 1 aromatic rings. The van der Waals surface area contributed by atoms with E-state index in [1.54, 1.807) is 29.2 Å². The zero-order chi connectivity index (χ0) is 15.5. The Labute approximate surface area is 129 Å². The van der Waals surface area contributed by atoms with Gasteiger partial charge in [-0.05, 0) is 25.0 Å². The molecule has 0 aliphatic carbocycles. The molecule has 5 nitrogen and oxygen atoms in total. The van der Waals surface area contributed by atoms with Gasteiger partial charge in [-0.1, -0.05) is 31.4 Å². The normalized spacial score (nSPS) is 18.9. The summed E-state index contributed by atoms with van der Waals surface area (Å²) in [5.41, 5.74) is 0.793. The van der Waals surface area contributed by atoms with Crippen molar-refractivity contribution in [3.63, 3.8) is 0 Å². The molecule has 3 amide bonds. The van der Waals surface area contributed by atoms with E-state index in [1.807, 2.05) is 0 Å². The van der Waals surface area contributed by atoms with E-state index in [4.69, 9.17) is 0 Å². The highest BCUT2D eigenvalue weighted by Crippen LogP contribution is 2.22. The van der Waals surface area contributed by atoms with Gasteiger partial charge in [-0.3, -0.25) is 19.3 Å².